The van der Waals surface area contributed by atoms with E-state index in [0.717, 1.165) is 0 Å². The molecule has 0 amide bonds. The summed E-state index contributed by atoms with van der Waals surface area (Å²) in [7, 11) is -0.369. The van der Waals surface area contributed by atoms with Gasteiger partial charge in [-0.2, -0.15) is 0 Å². The molecule has 97 valence electrons. The minimum absolute atomic E-state index is 0.369. The molecule has 0 fully saturated rings. The first-order chi connectivity index (χ1) is 9.77. The molecule has 3 aromatic rings. The predicted molar refractivity (Wildman–Crippen MR) is 90.7 cm³/mol. The van der Waals surface area contributed by atoms with E-state index in [-0.39, 0.29) is 8.80 Å². The van der Waals surface area contributed by atoms with E-state index in [4.69, 9.17) is 0 Å². The molecule has 3 aromatic carbocycles. The SMILES string of the molecule is C[Si](C)C1C=Cc2c1c1ccccc1c1ccccc21. The van der Waals surface area contributed by atoms with Gasteiger partial charge in [-0.15, -0.1) is 0 Å². The molecule has 20 heavy (non-hydrogen) atoms. The monoisotopic (exact) mass is 273 g/mol. The zero-order valence-electron chi connectivity index (χ0n) is 11.9. The van der Waals surface area contributed by atoms with Gasteiger partial charge in [0.05, 0.1) is 8.80 Å². The maximum Gasteiger partial charge on any atom is 0.0548 e. The summed E-state index contributed by atoms with van der Waals surface area (Å²) in [4.78, 5) is 0. The van der Waals surface area contributed by atoms with Crippen LogP contribution in [0, 0.1) is 0 Å². The Morgan fingerprint density at radius 1 is 0.750 bits per heavy atom. The first-order valence-electron chi connectivity index (χ1n) is 7.19. The molecule has 1 aliphatic rings. The van der Waals surface area contributed by atoms with Gasteiger partial charge in [0.2, 0.25) is 0 Å². The summed E-state index contributed by atoms with van der Waals surface area (Å²) in [5.41, 5.74) is 3.66. The van der Waals surface area contributed by atoms with E-state index < -0.39 is 0 Å². The lowest BCUT2D eigenvalue weighted by Crippen LogP contribution is -2.12. The lowest BCUT2D eigenvalue weighted by atomic mass is 9.93. The summed E-state index contributed by atoms with van der Waals surface area (Å²) >= 11 is 0. The quantitative estimate of drug-likeness (QED) is 0.411. The highest BCUT2D eigenvalue weighted by Gasteiger charge is 2.25. The van der Waals surface area contributed by atoms with Crippen LogP contribution in [0.5, 0.6) is 0 Å². The fourth-order valence-corrected chi connectivity index (χ4v) is 4.85. The van der Waals surface area contributed by atoms with Crippen molar-refractivity contribution in [3.63, 3.8) is 0 Å². The summed E-state index contributed by atoms with van der Waals surface area (Å²) in [6, 6.07) is 17.7. The highest BCUT2D eigenvalue weighted by atomic mass is 28.3. The number of allylic oxidation sites excluding steroid dienone is 1. The van der Waals surface area contributed by atoms with Crippen molar-refractivity contribution in [3.05, 3.63) is 65.7 Å². The molecule has 1 radical (unpaired) electrons. The van der Waals surface area contributed by atoms with Gasteiger partial charge in [0.15, 0.2) is 0 Å². The molecule has 0 saturated heterocycles. The number of hydrogen-bond acceptors (Lipinski definition) is 0. The van der Waals surface area contributed by atoms with Crippen molar-refractivity contribution in [2.45, 2.75) is 18.6 Å². The normalized spacial score (nSPS) is 17.2. The van der Waals surface area contributed by atoms with E-state index in [1.54, 1.807) is 5.56 Å². The summed E-state index contributed by atoms with van der Waals surface area (Å²) in [6.07, 6.45) is 4.78. The Labute approximate surface area is 121 Å². The van der Waals surface area contributed by atoms with Gasteiger partial charge in [-0.1, -0.05) is 73.8 Å². The van der Waals surface area contributed by atoms with Gasteiger partial charge in [-0.25, -0.2) is 0 Å². The van der Waals surface area contributed by atoms with E-state index in [1.807, 2.05) is 0 Å². The van der Waals surface area contributed by atoms with E-state index in [1.165, 1.54) is 27.1 Å². The molecule has 0 bridgehead atoms. The van der Waals surface area contributed by atoms with Gasteiger partial charge < -0.3 is 0 Å². The van der Waals surface area contributed by atoms with Crippen molar-refractivity contribution in [2.75, 3.05) is 0 Å². The van der Waals surface area contributed by atoms with Crippen molar-refractivity contribution in [2.24, 2.45) is 0 Å². The van der Waals surface area contributed by atoms with Crippen LogP contribution in [0.4, 0.5) is 0 Å². The molecule has 0 nitrogen and oxygen atoms in total. The maximum absolute atomic E-state index is 2.43. The highest BCUT2D eigenvalue weighted by molar-refractivity contribution is 6.59. The maximum atomic E-state index is 2.43. The third kappa shape index (κ3) is 1.53. The molecular weight excluding hydrogens is 256 g/mol. The van der Waals surface area contributed by atoms with Crippen LogP contribution >= 0.6 is 0 Å². The second-order valence-electron chi connectivity index (χ2n) is 5.83. The van der Waals surface area contributed by atoms with Crippen molar-refractivity contribution in [3.8, 4) is 0 Å². The van der Waals surface area contributed by atoms with Crippen LogP contribution in [-0.2, 0) is 0 Å². The van der Waals surface area contributed by atoms with Gasteiger partial charge >= 0.3 is 0 Å². The second kappa shape index (κ2) is 4.32. The lowest BCUT2D eigenvalue weighted by molar-refractivity contribution is 1.23. The Morgan fingerprint density at radius 3 is 1.95 bits per heavy atom. The van der Waals surface area contributed by atoms with Crippen LogP contribution in [0.3, 0.4) is 0 Å². The Bertz CT molecular complexity index is 843. The van der Waals surface area contributed by atoms with E-state index >= 15 is 0 Å². The van der Waals surface area contributed by atoms with Gasteiger partial charge in [0, 0.05) is 0 Å². The van der Waals surface area contributed by atoms with E-state index in [9.17, 15) is 0 Å². The van der Waals surface area contributed by atoms with Gasteiger partial charge in [-0.3, -0.25) is 0 Å². The third-order valence-corrected chi connectivity index (χ3v) is 6.13. The van der Waals surface area contributed by atoms with Crippen LogP contribution in [-0.4, -0.2) is 8.80 Å². The number of benzene rings is 3. The fraction of sp³-hybridized carbons (Fsp3) is 0.158. The molecule has 0 aromatic heterocycles. The van der Waals surface area contributed by atoms with Gasteiger partial charge in [0.25, 0.3) is 0 Å². The third-order valence-electron chi connectivity index (χ3n) is 4.40. The topological polar surface area (TPSA) is 0 Å². The molecule has 1 aliphatic carbocycles. The minimum atomic E-state index is -0.369. The summed E-state index contributed by atoms with van der Waals surface area (Å²) < 4.78 is 0. The fourth-order valence-electron chi connectivity index (χ4n) is 3.48. The number of fused-ring (bicyclic) bond motifs is 6. The minimum Gasteiger partial charge on any atom is -0.0793 e. The zero-order chi connectivity index (χ0) is 13.7. The Balaban J connectivity index is 2.23. The molecule has 1 heteroatoms. The Hall–Kier alpha value is -1.86. The molecule has 0 saturated carbocycles. The molecule has 0 aliphatic heterocycles. The standard InChI is InChI=1S/C19H17Si/c1-20(2)18-12-11-17-15-9-4-3-7-13(15)14-8-5-6-10-16(14)19(17)18/h3-12,18H,1-2H3. The van der Waals surface area contributed by atoms with Crippen molar-refractivity contribution in [1.82, 2.24) is 0 Å². The zero-order valence-corrected chi connectivity index (χ0v) is 12.9. The second-order valence-corrected chi connectivity index (χ2v) is 8.61. The Morgan fingerprint density at radius 2 is 1.30 bits per heavy atom. The van der Waals surface area contributed by atoms with Crippen LogP contribution in [0.25, 0.3) is 27.6 Å². The summed E-state index contributed by atoms with van der Waals surface area (Å²) in [5, 5.41) is 5.64. The largest absolute Gasteiger partial charge is 0.0793 e. The van der Waals surface area contributed by atoms with Gasteiger partial charge in [0.1, 0.15) is 0 Å². The molecule has 0 heterocycles. The van der Waals surface area contributed by atoms with E-state index in [0.29, 0.717) is 5.54 Å². The van der Waals surface area contributed by atoms with Crippen molar-refractivity contribution in [1.29, 1.82) is 0 Å². The molecule has 0 spiro atoms. The summed E-state index contributed by atoms with van der Waals surface area (Å²) in [5.74, 6) is 0. The first-order valence-corrected chi connectivity index (χ1v) is 9.76. The van der Waals surface area contributed by atoms with Crippen molar-refractivity contribution < 1.29 is 0 Å². The predicted octanol–water partition coefficient (Wildman–Crippen LogP) is 5.40. The van der Waals surface area contributed by atoms with Gasteiger partial charge in [-0.05, 0) is 38.2 Å². The molecule has 1 unspecified atom stereocenters. The van der Waals surface area contributed by atoms with Crippen LogP contribution in [0.2, 0.25) is 13.1 Å². The highest BCUT2D eigenvalue weighted by Crippen LogP contribution is 2.42. The molecule has 1 atom stereocenters. The molecule has 0 N–H and O–H groups in total. The lowest BCUT2D eigenvalue weighted by Gasteiger charge is -2.18. The molecular formula is C19H17Si. The van der Waals surface area contributed by atoms with Crippen molar-refractivity contribution >= 4 is 36.4 Å². The van der Waals surface area contributed by atoms with Crippen LogP contribution in [0.15, 0.2) is 54.6 Å². The van der Waals surface area contributed by atoms with Crippen LogP contribution in [0.1, 0.15) is 16.7 Å². The average molecular weight is 273 g/mol. The number of hydrogen-bond donors (Lipinski definition) is 0. The summed E-state index contributed by atoms with van der Waals surface area (Å²) in [6.45, 7) is 4.83. The average Bonchev–Trinajstić information content (AvgIpc) is 2.93. The first kappa shape index (κ1) is 11.9. The smallest absolute Gasteiger partial charge is 0.0548 e. The molecule has 4 rings (SSSR count). The number of rotatable bonds is 1. The Kier molecular flexibility index (Phi) is 2.58. The van der Waals surface area contributed by atoms with Crippen LogP contribution < -0.4 is 0 Å². The van der Waals surface area contributed by atoms with E-state index in [2.05, 4.69) is 73.8 Å².